The average Bonchev–Trinajstić information content (AvgIpc) is 3.15. The summed E-state index contributed by atoms with van der Waals surface area (Å²) in [7, 11) is 4.00. The third kappa shape index (κ3) is 5.82. The van der Waals surface area contributed by atoms with Crippen LogP contribution in [0.4, 0.5) is 0 Å². The number of rotatable bonds is 9. The van der Waals surface area contributed by atoms with Crippen LogP contribution >= 0.6 is 0 Å². The molecule has 1 saturated heterocycles. The van der Waals surface area contributed by atoms with Gasteiger partial charge in [0, 0.05) is 44.0 Å². The van der Waals surface area contributed by atoms with Crippen LogP contribution < -0.4 is 4.74 Å². The molecule has 1 unspecified atom stereocenters. The van der Waals surface area contributed by atoms with Crippen molar-refractivity contribution in [2.75, 3.05) is 40.3 Å². The fourth-order valence-corrected chi connectivity index (χ4v) is 4.25. The maximum atomic E-state index is 5.50. The molecule has 0 radical (unpaired) electrons. The van der Waals surface area contributed by atoms with Crippen molar-refractivity contribution in [3.8, 4) is 5.75 Å². The zero-order valence-corrected chi connectivity index (χ0v) is 18.0. The van der Waals surface area contributed by atoms with E-state index < -0.39 is 0 Å². The summed E-state index contributed by atoms with van der Waals surface area (Å²) in [5, 5.41) is 4.47. The second-order valence-electron chi connectivity index (χ2n) is 8.49. The summed E-state index contributed by atoms with van der Waals surface area (Å²) in [4.78, 5) is 5.08. The largest absolute Gasteiger partial charge is 0.496 e. The Kier molecular flexibility index (Phi) is 7.51. The van der Waals surface area contributed by atoms with E-state index in [0.29, 0.717) is 6.04 Å². The van der Waals surface area contributed by atoms with Crippen LogP contribution in [0.5, 0.6) is 5.75 Å². The zero-order chi connectivity index (χ0) is 19.9. The van der Waals surface area contributed by atoms with Crippen LogP contribution in [-0.2, 0) is 13.0 Å². The summed E-state index contributed by atoms with van der Waals surface area (Å²) in [6, 6.07) is 8.82. The normalized spacial score (nSPS) is 18.1. The molecule has 1 atom stereocenters. The van der Waals surface area contributed by atoms with Gasteiger partial charge >= 0.3 is 0 Å². The summed E-state index contributed by atoms with van der Waals surface area (Å²) in [6.45, 7) is 10.00. The van der Waals surface area contributed by atoms with Crippen molar-refractivity contribution < 1.29 is 4.74 Å². The summed E-state index contributed by atoms with van der Waals surface area (Å²) in [5.41, 5.74) is 2.62. The molecule has 1 aliphatic heterocycles. The Labute approximate surface area is 170 Å². The molecule has 0 amide bonds. The number of likely N-dealkylation sites (tertiary alicyclic amines) is 1. The molecule has 0 bridgehead atoms. The van der Waals surface area contributed by atoms with Gasteiger partial charge in [-0.15, -0.1) is 0 Å². The first kappa shape index (κ1) is 20.9. The predicted molar refractivity (Wildman–Crippen MR) is 115 cm³/mol. The minimum atomic E-state index is 0.425. The molecule has 1 aliphatic rings. The van der Waals surface area contributed by atoms with E-state index in [1.165, 1.54) is 37.1 Å². The van der Waals surface area contributed by atoms with Crippen LogP contribution in [0.3, 0.4) is 0 Å². The van der Waals surface area contributed by atoms with Crippen molar-refractivity contribution in [3.05, 3.63) is 47.8 Å². The summed E-state index contributed by atoms with van der Waals surface area (Å²) < 4.78 is 7.54. The SMILES string of the molecule is COc1ccccc1CCN1CCCC(CN(C)Cc2cnn(C(C)C)c2)C1. The molecular weight excluding hydrogens is 348 g/mol. The topological polar surface area (TPSA) is 33.5 Å². The first-order valence-corrected chi connectivity index (χ1v) is 10.6. The van der Waals surface area contributed by atoms with Crippen LogP contribution in [0.1, 0.15) is 43.9 Å². The van der Waals surface area contributed by atoms with E-state index in [-0.39, 0.29) is 0 Å². The number of methoxy groups -OCH3 is 1. The smallest absolute Gasteiger partial charge is 0.122 e. The van der Waals surface area contributed by atoms with E-state index in [4.69, 9.17) is 4.74 Å². The summed E-state index contributed by atoms with van der Waals surface area (Å²) in [6.07, 6.45) is 7.88. The van der Waals surface area contributed by atoms with E-state index in [2.05, 4.69) is 60.2 Å². The number of nitrogens with zero attached hydrogens (tertiary/aromatic N) is 4. The number of aromatic nitrogens is 2. The second kappa shape index (κ2) is 10.1. The predicted octanol–water partition coefficient (Wildman–Crippen LogP) is 3.86. The average molecular weight is 385 g/mol. The molecule has 0 N–H and O–H groups in total. The van der Waals surface area contributed by atoms with Gasteiger partial charge in [0.1, 0.15) is 5.75 Å². The Morgan fingerprint density at radius 1 is 1.29 bits per heavy atom. The van der Waals surface area contributed by atoms with Gasteiger partial charge in [0.25, 0.3) is 0 Å². The molecular formula is C23H36N4O. The highest BCUT2D eigenvalue weighted by Crippen LogP contribution is 2.21. The Morgan fingerprint density at radius 3 is 2.86 bits per heavy atom. The molecule has 2 heterocycles. The number of benzene rings is 1. The molecule has 1 aromatic carbocycles. The third-order valence-electron chi connectivity index (χ3n) is 5.70. The van der Waals surface area contributed by atoms with Gasteiger partial charge < -0.3 is 14.5 Å². The highest BCUT2D eigenvalue weighted by atomic mass is 16.5. The maximum absolute atomic E-state index is 5.50. The fourth-order valence-electron chi connectivity index (χ4n) is 4.25. The van der Waals surface area contributed by atoms with Crippen molar-refractivity contribution >= 4 is 0 Å². The van der Waals surface area contributed by atoms with Crippen molar-refractivity contribution in [1.82, 2.24) is 19.6 Å². The molecule has 5 nitrogen and oxygen atoms in total. The molecule has 0 saturated carbocycles. The molecule has 0 spiro atoms. The molecule has 154 valence electrons. The number of ether oxygens (including phenoxy) is 1. The van der Waals surface area contributed by atoms with Crippen LogP contribution in [0.2, 0.25) is 0 Å². The van der Waals surface area contributed by atoms with E-state index in [0.717, 1.165) is 37.7 Å². The van der Waals surface area contributed by atoms with Gasteiger partial charge in [-0.25, -0.2) is 0 Å². The molecule has 2 aromatic rings. The van der Waals surface area contributed by atoms with Gasteiger partial charge in [-0.3, -0.25) is 4.68 Å². The second-order valence-corrected chi connectivity index (χ2v) is 8.49. The lowest BCUT2D eigenvalue weighted by Gasteiger charge is -2.34. The Balaban J connectivity index is 1.46. The van der Waals surface area contributed by atoms with Gasteiger partial charge in [0.05, 0.1) is 13.3 Å². The Morgan fingerprint density at radius 2 is 2.11 bits per heavy atom. The minimum absolute atomic E-state index is 0.425. The van der Waals surface area contributed by atoms with Crippen molar-refractivity contribution in [2.45, 2.75) is 45.7 Å². The van der Waals surface area contributed by atoms with Gasteiger partial charge in [-0.1, -0.05) is 18.2 Å². The van der Waals surface area contributed by atoms with Crippen LogP contribution in [0.25, 0.3) is 0 Å². The van der Waals surface area contributed by atoms with E-state index in [1.54, 1.807) is 7.11 Å². The lowest BCUT2D eigenvalue weighted by molar-refractivity contribution is 0.142. The first-order chi connectivity index (χ1) is 13.5. The van der Waals surface area contributed by atoms with Crippen LogP contribution in [0.15, 0.2) is 36.7 Å². The quantitative estimate of drug-likeness (QED) is 0.657. The molecule has 1 aromatic heterocycles. The van der Waals surface area contributed by atoms with E-state index in [1.807, 2.05) is 16.9 Å². The highest BCUT2D eigenvalue weighted by molar-refractivity contribution is 5.33. The summed E-state index contributed by atoms with van der Waals surface area (Å²) >= 11 is 0. The molecule has 28 heavy (non-hydrogen) atoms. The third-order valence-corrected chi connectivity index (χ3v) is 5.70. The first-order valence-electron chi connectivity index (χ1n) is 10.6. The molecule has 0 aliphatic carbocycles. The fraction of sp³-hybridized carbons (Fsp3) is 0.609. The number of hydrogen-bond donors (Lipinski definition) is 0. The maximum Gasteiger partial charge on any atom is 0.122 e. The molecule has 5 heteroatoms. The van der Waals surface area contributed by atoms with Crippen LogP contribution in [-0.4, -0.2) is 59.9 Å². The number of piperidine rings is 1. The minimum Gasteiger partial charge on any atom is -0.496 e. The monoisotopic (exact) mass is 384 g/mol. The Bertz CT molecular complexity index is 727. The molecule has 1 fully saturated rings. The van der Waals surface area contributed by atoms with Crippen LogP contribution in [0, 0.1) is 5.92 Å². The van der Waals surface area contributed by atoms with Crippen molar-refractivity contribution in [3.63, 3.8) is 0 Å². The van der Waals surface area contributed by atoms with E-state index >= 15 is 0 Å². The van der Waals surface area contributed by atoms with Gasteiger partial charge in [-0.2, -0.15) is 5.10 Å². The highest BCUT2D eigenvalue weighted by Gasteiger charge is 2.21. The van der Waals surface area contributed by atoms with Gasteiger partial charge in [0.15, 0.2) is 0 Å². The van der Waals surface area contributed by atoms with Gasteiger partial charge in [0.2, 0.25) is 0 Å². The lowest BCUT2D eigenvalue weighted by Crippen LogP contribution is -2.40. The number of para-hydroxylation sites is 1. The summed E-state index contributed by atoms with van der Waals surface area (Å²) in [5.74, 6) is 1.76. The van der Waals surface area contributed by atoms with Crippen molar-refractivity contribution in [1.29, 1.82) is 0 Å². The zero-order valence-electron chi connectivity index (χ0n) is 18.0. The Hall–Kier alpha value is -1.85. The lowest BCUT2D eigenvalue weighted by atomic mass is 9.97. The van der Waals surface area contributed by atoms with E-state index in [9.17, 15) is 0 Å². The van der Waals surface area contributed by atoms with Gasteiger partial charge in [-0.05, 0) is 64.3 Å². The van der Waals surface area contributed by atoms with Crippen molar-refractivity contribution in [2.24, 2.45) is 5.92 Å². The number of hydrogen-bond acceptors (Lipinski definition) is 4. The standard InChI is InChI=1S/C23H36N4O/c1-19(2)27-18-21(14-24-27)16-25(3)15-20-8-7-12-26(17-20)13-11-22-9-5-6-10-23(22)28-4/h5-6,9-10,14,18-20H,7-8,11-13,15-17H2,1-4H3. The molecule has 3 rings (SSSR count).